The Labute approximate surface area is 101 Å². The lowest BCUT2D eigenvalue weighted by Gasteiger charge is -2.15. The normalized spacial score (nSPS) is 21.4. The minimum absolute atomic E-state index is 1.08. The number of hydrogen-bond donors (Lipinski definition) is 0. The summed E-state index contributed by atoms with van der Waals surface area (Å²) in [7, 11) is 0. The molecule has 1 nitrogen and oxygen atoms in total. The molecule has 84 valence electrons. The van der Waals surface area contributed by atoms with E-state index >= 15 is 0 Å². The third-order valence-corrected chi connectivity index (χ3v) is 4.08. The Hall–Kier alpha value is -1.63. The average Bonchev–Trinajstić information content (AvgIpc) is 2.78. The highest BCUT2D eigenvalue weighted by molar-refractivity contribution is 6.10. The first-order valence-electron chi connectivity index (χ1n) is 6.53. The number of aliphatic imine (C=N–C) groups is 1. The van der Waals surface area contributed by atoms with Gasteiger partial charge in [-0.15, -0.1) is 0 Å². The van der Waals surface area contributed by atoms with Crippen LogP contribution in [0.3, 0.4) is 0 Å². The Kier molecular flexibility index (Phi) is 1.90. The highest BCUT2D eigenvalue weighted by atomic mass is 14.8. The van der Waals surface area contributed by atoms with Gasteiger partial charge in [0, 0.05) is 10.9 Å². The predicted octanol–water partition coefficient (Wildman–Crippen LogP) is 2.30. The maximum absolute atomic E-state index is 4.91. The van der Waals surface area contributed by atoms with Gasteiger partial charge < -0.3 is 0 Å². The van der Waals surface area contributed by atoms with Crippen molar-refractivity contribution in [2.75, 3.05) is 0 Å². The maximum Gasteiger partial charge on any atom is 0.0749 e. The first-order chi connectivity index (χ1) is 8.43. The molecule has 0 radical (unpaired) electrons. The SMILES string of the molecule is C1=c2ccccc2=C2N=C3CCCCC3=C2C1. The molecule has 0 bridgehead atoms. The van der Waals surface area contributed by atoms with Crippen molar-refractivity contribution in [3.8, 4) is 0 Å². The molecule has 1 heterocycles. The second kappa shape index (κ2) is 3.43. The molecule has 17 heavy (non-hydrogen) atoms. The van der Waals surface area contributed by atoms with E-state index in [0.29, 0.717) is 0 Å². The summed E-state index contributed by atoms with van der Waals surface area (Å²) in [5.74, 6) is 0. The van der Waals surface area contributed by atoms with Crippen LogP contribution in [0.15, 0.2) is 40.4 Å². The van der Waals surface area contributed by atoms with Crippen LogP contribution in [0.25, 0.3) is 11.8 Å². The lowest BCUT2D eigenvalue weighted by atomic mass is 9.88. The standard InChI is InChI=1S/C16H15N/c1-2-6-12-11(5-1)9-10-14-13-7-3-4-8-15(13)17-16(12)14/h1-2,5-6,9H,3-4,7-8,10H2. The minimum Gasteiger partial charge on any atom is -0.252 e. The van der Waals surface area contributed by atoms with Gasteiger partial charge in [0.05, 0.1) is 5.70 Å². The quantitative estimate of drug-likeness (QED) is 0.637. The number of benzene rings is 1. The number of allylic oxidation sites excluding steroid dienone is 1. The van der Waals surface area contributed by atoms with Crippen LogP contribution in [0.2, 0.25) is 0 Å². The van der Waals surface area contributed by atoms with Crippen molar-refractivity contribution >= 4 is 17.5 Å². The summed E-state index contributed by atoms with van der Waals surface area (Å²) in [6.07, 6.45) is 8.52. The van der Waals surface area contributed by atoms with Crippen molar-refractivity contribution in [1.29, 1.82) is 0 Å². The van der Waals surface area contributed by atoms with Gasteiger partial charge in [-0.3, -0.25) is 4.99 Å². The smallest absolute Gasteiger partial charge is 0.0749 e. The zero-order chi connectivity index (χ0) is 11.2. The molecule has 1 heteroatoms. The fourth-order valence-electron chi connectivity index (χ4n) is 3.23. The van der Waals surface area contributed by atoms with E-state index in [9.17, 15) is 0 Å². The molecule has 0 spiro atoms. The van der Waals surface area contributed by atoms with Gasteiger partial charge in [0.1, 0.15) is 0 Å². The maximum atomic E-state index is 4.91. The Balaban J connectivity index is 2.07. The predicted molar refractivity (Wildman–Crippen MR) is 71.1 cm³/mol. The van der Waals surface area contributed by atoms with Gasteiger partial charge in [-0.1, -0.05) is 30.3 Å². The minimum atomic E-state index is 1.08. The van der Waals surface area contributed by atoms with Crippen molar-refractivity contribution in [1.82, 2.24) is 0 Å². The molecule has 1 aromatic rings. The summed E-state index contributed by atoms with van der Waals surface area (Å²) in [5, 5.41) is 2.69. The fourth-order valence-corrected chi connectivity index (χ4v) is 3.23. The molecule has 1 aliphatic heterocycles. The van der Waals surface area contributed by atoms with Gasteiger partial charge in [-0.2, -0.15) is 0 Å². The molecular formula is C16H15N. The van der Waals surface area contributed by atoms with Crippen molar-refractivity contribution in [3.63, 3.8) is 0 Å². The van der Waals surface area contributed by atoms with Crippen molar-refractivity contribution in [3.05, 3.63) is 45.8 Å². The third-order valence-electron chi connectivity index (χ3n) is 4.08. The van der Waals surface area contributed by atoms with Gasteiger partial charge >= 0.3 is 0 Å². The van der Waals surface area contributed by atoms with E-state index in [-0.39, 0.29) is 0 Å². The zero-order valence-electron chi connectivity index (χ0n) is 9.87. The van der Waals surface area contributed by atoms with E-state index in [0.717, 1.165) is 6.42 Å². The average molecular weight is 221 g/mol. The third kappa shape index (κ3) is 1.28. The van der Waals surface area contributed by atoms with Crippen LogP contribution in [0, 0.1) is 0 Å². The molecule has 4 rings (SSSR count). The van der Waals surface area contributed by atoms with Gasteiger partial charge in [0.2, 0.25) is 0 Å². The second-order valence-corrected chi connectivity index (χ2v) is 5.07. The van der Waals surface area contributed by atoms with Crippen LogP contribution >= 0.6 is 0 Å². The van der Waals surface area contributed by atoms with E-state index in [4.69, 9.17) is 4.99 Å². The van der Waals surface area contributed by atoms with Crippen LogP contribution in [-0.4, -0.2) is 5.71 Å². The molecule has 0 unspecified atom stereocenters. The molecule has 1 saturated carbocycles. The molecule has 0 N–H and O–H groups in total. The fraction of sp³-hybridized carbons (Fsp3) is 0.312. The topological polar surface area (TPSA) is 12.4 Å². The van der Waals surface area contributed by atoms with Crippen molar-refractivity contribution < 1.29 is 0 Å². The molecule has 0 saturated heterocycles. The van der Waals surface area contributed by atoms with Crippen molar-refractivity contribution in [2.45, 2.75) is 32.1 Å². The van der Waals surface area contributed by atoms with E-state index in [1.807, 2.05) is 0 Å². The molecule has 3 aliphatic rings. The van der Waals surface area contributed by atoms with Gasteiger partial charge in [-0.25, -0.2) is 0 Å². The molecule has 1 fully saturated rings. The van der Waals surface area contributed by atoms with E-state index in [2.05, 4.69) is 30.3 Å². The van der Waals surface area contributed by atoms with E-state index < -0.39 is 0 Å². The highest BCUT2D eigenvalue weighted by Crippen LogP contribution is 2.36. The Bertz CT molecular complexity index is 674. The summed E-state index contributed by atoms with van der Waals surface area (Å²) >= 11 is 0. The second-order valence-electron chi connectivity index (χ2n) is 5.07. The van der Waals surface area contributed by atoms with Crippen LogP contribution in [0.4, 0.5) is 0 Å². The summed E-state index contributed by atoms with van der Waals surface area (Å²) in [6, 6.07) is 8.65. The summed E-state index contributed by atoms with van der Waals surface area (Å²) in [5.41, 5.74) is 5.73. The highest BCUT2D eigenvalue weighted by Gasteiger charge is 2.26. The Morgan fingerprint density at radius 3 is 2.82 bits per heavy atom. The lowest BCUT2D eigenvalue weighted by Crippen LogP contribution is -2.28. The monoisotopic (exact) mass is 221 g/mol. The molecule has 1 aromatic carbocycles. The Morgan fingerprint density at radius 2 is 1.82 bits per heavy atom. The van der Waals surface area contributed by atoms with Crippen LogP contribution in [0.5, 0.6) is 0 Å². The largest absolute Gasteiger partial charge is 0.252 e. The van der Waals surface area contributed by atoms with Crippen LogP contribution in [0.1, 0.15) is 32.1 Å². The summed E-state index contributed by atoms with van der Waals surface area (Å²) < 4.78 is 0. The van der Waals surface area contributed by atoms with Gasteiger partial charge in [0.25, 0.3) is 0 Å². The van der Waals surface area contributed by atoms with E-state index in [1.165, 1.54) is 53.1 Å². The molecule has 0 atom stereocenters. The first-order valence-corrected chi connectivity index (χ1v) is 6.53. The summed E-state index contributed by atoms with van der Waals surface area (Å²) in [4.78, 5) is 4.91. The molecule has 2 aliphatic carbocycles. The van der Waals surface area contributed by atoms with Crippen LogP contribution < -0.4 is 10.4 Å². The number of nitrogens with zero attached hydrogens (tertiary/aromatic N) is 1. The first kappa shape index (κ1) is 9.41. The number of hydrogen-bond acceptors (Lipinski definition) is 1. The van der Waals surface area contributed by atoms with Crippen molar-refractivity contribution in [2.24, 2.45) is 4.99 Å². The van der Waals surface area contributed by atoms with Gasteiger partial charge in [0.15, 0.2) is 0 Å². The lowest BCUT2D eigenvalue weighted by molar-refractivity contribution is 0.733. The number of fused-ring (bicyclic) bond motifs is 3. The molecular weight excluding hydrogens is 206 g/mol. The molecule has 0 aromatic heterocycles. The van der Waals surface area contributed by atoms with Gasteiger partial charge in [-0.05, 0) is 48.5 Å². The number of rotatable bonds is 0. The van der Waals surface area contributed by atoms with Crippen LogP contribution in [-0.2, 0) is 0 Å². The van der Waals surface area contributed by atoms with E-state index in [1.54, 1.807) is 5.57 Å². The molecule has 0 amide bonds. The Morgan fingerprint density at radius 1 is 0.941 bits per heavy atom. The zero-order valence-corrected chi connectivity index (χ0v) is 9.87. The summed E-state index contributed by atoms with van der Waals surface area (Å²) in [6.45, 7) is 0.